The summed E-state index contributed by atoms with van der Waals surface area (Å²) in [5.41, 5.74) is 0.974. The first-order valence-corrected chi connectivity index (χ1v) is 7.90. The van der Waals surface area contributed by atoms with Crippen LogP contribution in [0.15, 0.2) is 10.3 Å². The molecule has 0 bridgehead atoms. The Hall–Kier alpha value is -0.390. The van der Waals surface area contributed by atoms with Gasteiger partial charge in [-0.15, -0.1) is 11.3 Å². The summed E-state index contributed by atoms with van der Waals surface area (Å²) < 4.78 is 24.9. The second kappa shape index (κ2) is 4.13. The lowest BCUT2D eigenvalue weighted by atomic mass is 10.0. The molecule has 0 unspecified atom stereocenters. The minimum absolute atomic E-state index is 0.198. The van der Waals surface area contributed by atoms with Crippen molar-refractivity contribution in [2.24, 2.45) is 0 Å². The maximum atomic E-state index is 12.1. The van der Waals surface area contributed by atoms with Crippen molar-refractivity contribution >= 4 is 21.2 Å². The molecule has 2 rings (SSSR count). The maximum absolute atomic E-state index is 12.1. The molecule has 0 fully saturated rings. The molecule has 0 saturated heterocycles. The van der Waals surface area contributed by atoms with Gasteiger partial charge in [0, 0.05) is 10.9 Å². The Bertz CT molecular complexity index is 490. The zero-order valence-electron chi connectivity index (χ0n) is 9.78. The van der Waals surface area contributed by atoms with E-state index in [0.717, 1.165) is 17.0 Å². The Kier molecular flexibility index (Phi) is 3.11. The third kappa shape index (κ3) is 1.81. The monoisotopic (exact) mass is 259 g/mol. The maximum Gasteiger partial charge on any atom is 0.190 e. The third-order valence-electron chi connectivity index (χ3n) is 3.03. The predicted octanol–water partition coefficient (Wildman–Crippen LogP) is 2.27. The van der Waals surface area contributed by atoms with Crippen LogP contribution in [0.25, 0.3) is 0 Å². The van der Waals surface area contributed by atoms with Crippen LogP contribution < -0.4 is 5.32 Å². The standard InChI is InChI=1S/C11H17NO2S2/c1-4-12-10-6-8(3)16(13,14)11-9(10)5-7(2)15-11/h5,8,10,12H,4,6H2,1-3H3/t8-,10+/m1/s1. The highest BCUT2D eigenvalue weighted by atomic mass is 32.2. The summed E-state index contributed by atoms with van der Waals surface area (Å²) in [6.07, 6.45) is 0.680. The molecular formula is C11H17NO2S2. The lowest BCUT2D eigenvalue weighted by Crippen LogP contribution is -2.33. The summed E-state index contributed by atoms with van der Waals surface area (Å²) in [6, 6.07) is 2.21. The number of aryl methyl sites for hydroxylation is 1. The van der Waals surface area contributed by atoms with Crippen LogP contribution in [-0.4, -0.2) is 20.2 Å². The number of hydrogen-bond donors (Lipinski definition) is 1. The number of rotatable bonds is 2. The van der Waals surface area contributed by atoms with E-state index in [2.05, 4.69) is 5.32 Å². The number of fused-ring (bicyclic) bond motifs is 1. The van der Waals surface area contributed by atoms with E-state index in [0.29, 0.717) is 10.6 Å². The van der Waals surface area contributed by atoms with Crippen LogP contribution in [-0.2, 0) is 9.84 Å². The van der Waals surface area contributed by atoms with Gasteiger partial charge in [-0.3, -0.25) is 0 Å². The van der Waals surface area contributed by atoms with Crippen molar-refractivity contribution in [1.29, 1.82) is 0 Å². The molecule has 0 aliphatic carbocycles. The zero-order chi connectivity index (χ0) is 11.9. The highest BCUT2D eigenvalue weighted by Crippen LogP contribution is 2.41. The highest BCUT2D eigenvalue weighted by molar-refractivity contribution is 7.94. The van der Waals surface area contributed by atoms with E-state index in [1.165, 1.54) is 11.3 Å². The highest BCUT2D eigenvalue weighted by Gasteiger charge is 2.37. The first-order chi connectivity index (χ1) is 7.46. The van der Waals surface area contributed by atoms with Gasteiger partial charge in [0.15, 0.2) is 9.84 Å². The van der Waals surface area contributed by atoms with Gasteiger partial charge in [-0.25, -0.2) is 8.42 Å². The topological polar surface area (TPSA) is 46.2 Å². The van der Waals surface area contributed by atoms with Crippen molar-refractivity contribution in [3.05, 3.63) is 16.5 Å². The summed E-state index contributed by atoms with van der Waals surface area (Å²) >= 11 is 1.40. The van der Waals surface area contributed by atoms with Crippen LogP contribution in [0.1, 0.15) is 36.8 Å². The quantitative estimate of drug-likeness (QED) is 0.886. The Labute approximate surface area is 101 Å². The van der Waals surface area contributed by atoms with Gasteiger partial charge < -0.3 is 5.32 Å². The van der Waals surface area contributed by atoms with Crippen molar-refractivity contribution in [2.45, 2.75) is 42.7 Å². The fourth-order valence-electron chi connectivity index (χ4n) is 2.19. The van der Waals surface area contributed by atoms with Gasteiger partial charge in [-0.05, 0) is 38.4 Å². The minimum atomic E-state index is -3.07. The molecule has 1 aromatic rings. The van der Waals surface area contributed by atoms with E-state index in [1.54, 1.807) is 6.92 Å². The predicted molar refractivity (Wildman–Crippen MR) is 66.7 cm³/mol. The van der Waals surface area contributed by atoms with Crippen molar-refractivity contribution < 1.29 is 8.42 Å². The van der Waals surface area contributed by atoms with Gasteiger partial charge >= 0.3 is 0 Å². The van der Waals surface area contributed by atoms with E-state index in [9.17, 15) is 8.42 Å². The smallest absolute Gasteiger partial charge is 0.190 e. The summed E-state index contributed by atoms with van der Waals surface area (Å²) in [4.78, 5) is 1.07. The minimum Gasteiger partial charge on any atom is -0.310 e. The van der Waals surface area contributed by atoms with Crippen molar-refractivity contribution in [3.63, 3.8) is 0 Å². The summed E-state index contributed by atoms with van der Waals surface area (Å²) in [7, 11) is -3.07. The summed E-state index contributed by atoms with van der Waals surface area (Å²) in [5.74, 6) is 0. The SMILES string of the molecule is CCN[C@H]1C[C@@H](C)S(=O)(=O)c2sc(C)cc21. The van der Waals surface area contributed by atoms with Crippen LogP contribution in [0.2, 0.25) is 0 Å². The molecular weight excluding hydrogens is 242 g/mol. The van der Waals surface area contributed by atoms with Crippen LogP contribution in [0.3, 0.4) is 0 Å². The number of thiophene rings is 1. The van der Waals surface area contributed by atoms with Crippen molar-refractivity contribution in [3.8, 4) is 0 Å². The molecule has 16 heavy (non-hydrogen) atoms. The Balaban J connectivity index is 2.53. The average molecular weight is 259 g/mol. The molecule has 1 aliphatic rings. The molecule has 1 aromatic heterocycles. The van der Waals surface area contributed by atoms with Gasteiger partial charge in [-0.1, -0.05) is 6.92 Å². The number of hydrogen-bond acceptors (Lipinski definition) is 4. The first-order valence-electron chi connectivity index (χ1n) is 5.54. The Morgan fingerprint density at radius 3 is 2.88 bits per heavy atom. The molecule has 0 amide bonds. The van der Waals surface area contributed by atoms with Gasteiger partial charge in [0.1, 0.15) is 4.21 Å². The van der Waals surface area contributed by atoms with E-state index < -0.39 is 9.84 Å². The Morgan fingerprint density at radius 2 is 2.25 bits per heavy atom. The molecule has 3 nitrogen and oxygen atoms in total. The van der Waals surface area contributed by atoms with Crippen LogP contribution in [0.5, 0.6) is 0 Å². The van der Waals surface area contributed by atoms with E-state index in [-0.39, 0.29) is 11.3 Å². The second-order valence-corrected chi connectivity index (χ2v) is 8.12. The van der Waals surface area contributed by atoms with Gasteiger partial charge in [0.2, 0.25) is 0 Å². The average Bonchev–Trinajstić information content (AvgIpc) is 2.58. The normalized spacial score (nSPS) is 27.7. The van der Waals surface area contributed by atoms with Crippen LogP contribution in [0.4, 0.5) is 0 Å². The van der Waals surface area contributed by atoms with Gasteiger partial charge in [0.05, 0.1) is 5.25 Å². The molecule has 0 radical (unpaired) electrons. The molecule has 0 aromatic carbocycles. The van der Waals surface area contributed by atoms with E-state index in [1.807, 2.05) is 19.9 Å². The molecule has 5 heteroatoms. The molecule has 1 N–H and O–H groups in total. The molecule has 0 spiro atoms. The largest absolute Gasteiger partial charge is 0.310 e. The fourth-order valence-corrected chi connectivity index (χ4v) is 5.68. The number of sulfone groups is 1. The van der Waals surface area contributed by atoms with Crippen molar-refractivity contribution in [1.82, 2.24) is 5.32 Å². The fraction of sp³-hybridized carbons (Fsp3) is 0.636. The summed E-state index contributed by atoms with van der Waals surface area (Å²) in [5, 5.41) is 3.09. The van der Waals surface area contributed by atoms with Gasteiger partial charge in [-0.2, -0.15) is 0 Å². The van der Waals surface area contributed by atoms with Gasteiger partial charge in [0.25, 0.3) is 0 Å². The Morgan fingerprint density at radius 1 is 1.56 bits per heavy atom. The third-order valence-corrected chi connectivity index (χ3v) is 6.84. The lowest BCUT2D eigenvalue weighted by Gasteiger charge is -2.27. The molecule has 0 saturated carbocycles. The van der Waals surface area contributed by atoms with Crippen molar-refractivity contribution in [2.75, 3.05) is 6.54 Å². The molecule has 2 atom stereocenters. The van der Waals surface area contributed by atoms with Crippen LogP contribution in [0, 0.1) is 6.92 Å². The molecule has 90 valence electrons. The molecule has 2 heterocycles. The van der Waals surface area contributed by atoms with E-state index >= 15 is 0 Å². The lowest BCUT2D eigenvalue weighted by molar-refractivity contribution is 0.478. The second-order valence-electron chi connectivity index (χ2n) is 4.30. The first kappa shape index (κ1) is 12.1. The van der Waals surface area contributed by atoms with Crippen LogP contribution >= 0.6 is 11.3 Å². The number of nitrogens with one attached hydrogen (secondary N) is 1. The molecule has 1 aliphatic heterocycles. The zero-order valence-corrected chi connectivity index (χ0v) is 11.4. The summed E-state index contributed by atoms with van der Waals surface area (Å²) in [6.45, 7) is 6.68. The van der Waals surface area contributed by atoms with E-state index in [4.69, 9.17) is 0 Å².